The van der Waals surface area contributed by atoms with Gasteiger partial charge in [0.25, 0.3) is 0 Å². The Morgan fingerprint density at radius 1 is 1.13 bits per heavy atom. The molecule has 0 saturated heterocycles. The molecular weight excluding hydrogens is 252 g/mol. The molecule has 0 aromatic heterocycles. The molecule has 78 valence electrons. The summed E-state index contributed by atoms with van der Waals surface area (Å²) in [6, 6.07) is 12.2. The first-order valence-corrected chi connectivity index (χ1v) is 5.66. The highest BCUT2D eigenvalue weighted by atomic mass is 79.9. The van der Waals surface area contributed by atoms with Crippen LogP contribution >= 0.6 is 15.9 Å². The van der Waals surface area contributed by atoms with Gasteiger partial charge in [-0.1, -0.05) is 36.4 Å². The summed E-state index contributed by atoms with van der Waals surface area (Å²) in [6.45, 7) is 0.455. The van der Waals surface area contributed by atoms with Crippen molar-refractivity contribution in [1.82, 2.24) is 0 Å². The van der Waals surface area contributed by atoms with Crippen LogP contribution in [0.5, 0.6) is 0 Å². The lowest BCUT2D eigenvalue weighted by molar-refractivity contribution is 0.735. The van der Waals surface area contributed by atoms with Gasteiger partial charge in [0, 0.05) is 17.1 Å². The summed E-state index contributed by atoms with van der Waals surface area (Å²) in [5, 5.41) is 2.39. The molecule has 1 unspecified atom stereocenters. The van der Waals surface area contributed by atoms with Crippen LogP contribution in [0.25, 0.3) is 10.8 Å². The second-order valence-electron chi connectivity index (χ2n) is 3.53. The van der Waals surface area contributed by atoms with Gasteiger partial charge in [0.15, 0.2) is 0 Å². The second kappa shape index (κ2) is 4.31. The third-order valence-corrected chi connectivity index (χ3v) is 3.43. The molecule has 0 amide bonds. The molecule has 0 heterocycles. The van der Waals surface area contributed by atoms with Crippen LogP contribution in [0.1, 0.15) is 11.6 Å². The number of halogens is 1. The topological polar surface area (TPSA) is 52.0 Å². The van der Waals surface area contributed by atoms with Gasteiger partial charge in [-0.15, -0.1) is 0 Å². The number of fused-ring (bicyclic) bond motifs is 1. The van der Waals surface area contributed by atoms with Gasteiger partial charge in [-0.2, -0.15) is 0 Å². The average molecular weight is 265 g/mol. The fourth-order valence-electron chi connectivity index (χ4n) is 1.66. The molecule has 2 aromatic carbocycles. The largest absolute Gasteiger partial charge is 0.329 e. The third-order valence-electron chi connectivity index (χ3n) is 2.55. The quantitative estimate of drug-likeness (QED) is 0.876. The van der Waals surface area contributed by atoms with Crippen molar-refractivity contribution in [2.45, 2.75) is 6.04 Å². The van der Waals surface area contributed by atoms with Gasteiger partial charge < -0.3 is 11.5 Å². The minimum Gasteiger partial charge on any atom is -0.329 e. The monoisotopic (exact) mass is 264 g/mol. The smallest absolute Gasteiger partial charge is 0.0430 e. The molecule has 4 N–H and O–H groups in total. The van der Waals surface area contributed by atoms with Crippen molar-refractivity contribution in [3.05, 3.63) is 46.4 Å². The predicted octanol–water partition coefficient (Wildman–Crippen LogP) is 2.56. The highest BCUT2D eigenvalue weighted by molar-refractivity contribution is 9.10. The second-order valence-corrected chi connectivity index (χ2v) is 4.33. The Hall–Kier alpha value is -0.900. The van der Waals surface area contributed by atoms with E-state index in [9.17, 15) is 0 Å². The lowest BCUT2D eigenvalue weighted by atomic mass is 10.0. The van der Waals surface area contributed by atoms with E-state index in [0.717, 1.165) is 10.0 Å². The average Bonchev–Trinajstić information content (AvgIpc) is 2.29. The van der Waals surface area contributed by atoms with Crippen molar-refractivity contribution in [2.75, 3.05) is 6.54 Å². The molecule has 0 aliphatic rings. The molecule has 0 spiro atoms. The van der Waals surface area contributed by atoms with Gasteiger partial charge in [0.05, 0.1) is 0 Å². The van der Waals surface area contributed by atoms with Crippen LogP contribution in [-0.2, 0) is 0 Å². The fourth-order valence-corrected chi connectivity index (χ4v) is 2.45. The zero-order valence-electron chi connectivity index (χ0n) is 8.28. The number of rotatable bonds is 2. The van der Waals surface area contributed by atoms with Crippen molar-refractivity contribution in [3.8, 4) is 0 Å². The van der Waals surface area contributed by atoms with E-state index in [4.69, 9.17) is 11.5 Å². The van der Waals surface area contributed by atoms with E-state index in [1.165, 1.54) is 10.8 Å². The molecule has 2 aromatic rings. The van der Waals surface area contributed by atoms with Crippen LogP contribution < -0.4 is 11.5 Å². The van der Waals surface area contributed by atoms with Crippen molar-refractivity contribution in [1.29, 1.82) is 0 Å². The third kappa shape index (κ3) is 1.91. The van der Waals surface area contributed by atoms with Gasteiger partial charge in [0.1, 0.15) is 0 Å². The molecule has 0 radical (unpaired) electrons. The fraction of sp³-hybridized carbons (Fsp3) is 0.167. The van der Waals surface area contributed by atoms with Gasteiger partial charge in [-0.25, -0.2) is 0 Å². The van der Waals surface area contributed by atoms with Crippen LogP contribution in [0.4, 0.5) is 0 Å². The van der Waals surface area contributed by atoms with Gasteiger partial charge >= 0.3 is 0 Å². The number of hydrogen-bond acceptors (Lipinski definition) is 2. The van der Waals surface area contributed by atoms with E-state index in [2.05, 4.69) is 34.1 Å². The molecule has 0 aliphatic heterocycles. The normalized spacial score (nSPS) is 13.0. The number of hydrogen-bond donors (Lipinski definition) is 2. The minimum absolute atomic E-state index is 0.107. The van der Waals surface area contributed by atoms with Gasteiger partial charge in [0.2, 0.25) is 0 Å². The SMILES string of the molecule is NCC(N)c1ccc2ccccc2c1Br. The van der Waals surface area contributed by atoms with E-state index in [-0.39, 0.29) is 6.04 Å². The summed E-state index contributed by atoms with van der Waals surface area (Å²) in [4.78, 5) is 0. The Balaban J connectivity index is 2.65. The molecule has 0 fully saturated rings. The Kier molecular flexibility index (Phi) is 3.05. The van der Waals surface area contributed by atoms with Crippen LogP contribution in [0.3, 0.4) is 0 Å². The molecular formula is C12H13BrN2. The van der Waals surface area contributed by atoms with Crippen LogP contribution in [0.15, 0.2) is 40.9 Å². The molecule has 1 atom stereocenters. The first kappa shape index (κ1) is 10.6. The minimum atomic E-state index is -0.107. The van der Waals surface area contributed by atoms with E-state index in [1.54, 1.807) is 0 Å². The van der Waals surface area contributed by atoms with E-state index in [1.807, 2.05) is 18.2 Å². The Bertz CT molecular complexity index is 482. The van der Waals surface area contributed by atoms with Crippen LogP contribution in [0.2, 0.25) is 0 Å². The zero-order chi connectivity index (χ0) is 10.8. The molecule has 15 heavy (non-hydrogen) atoms. The lowest BCUT2D eigenvalue weighted by Gasteiger charge is -2.13. The maximum Gasteiger partial charge on any atom is 0.0430 e. The summed E-state index contributed by atoms with van der Waals surface area (Å²) in [7, 11) is 0. The first-order valence-electron chi connectivity index (χ1n) is 4.87. The van der Waals surface area contributed by atoms with E-state index < -0.39 is 0 Å². The molecule has 2 nitrogen and oxygen atoms in total. The number of benzene rings is 2. The van der Waals surface area contributed by atoms with Crippen LogP contribution in [-0.4, -0.2) is 6.54 Å². The molecule has 0 bridgehead atoms. The highest BCUT2D eigenvalue weighted by Gasteiger charge is 2.10. The standard InChI is InChI=1S/C12H13BrN2/c13-12-9-4-2-1-3-8(9)5-6-10(12)11(15)7-14/h1-6,11H,7,14-15H2. The maximum absolute atomic E-state index is 5.93. The van der Waals surface area contributed by atoms with Crippen molar-refractivity contribution in [2.24, 2.45) is 11.5 Å². The van der Waals surface area contributed by atoms with E-state index in [0.29, 0.717) is 6.54 Å². The molecule has 3 heteroatoms. The molecule has 2 rings (SSSR count). The first-order chi connectivity index (χ1) is 7.24. The van der Waals surface area contributed by atoms with Gasteiger partial charge in [-0.3, -0.25) is 0 Å². The Morgan fingerprint density at radius 3 is 2.60 bits per heavy atom. The van der Waals surface area contributed by atoms with Crippen molar-refractivity contribution < 1.29 is 0 Å². The van der Waals surface area contributed by atoms with Gasteiger partial charge in [-0.05, 0) is 32.3 Å². The predicted molar refractivity (Wildman–Crippen MR) is 67.6 cm³/mol. The summed E-state index contributed by atoms with van der Waals surface area (Å²) in [6.07, 6.45) is 0. The van der Waals surface area contributed by atoms with Crippen molar-refractivity contribution in [3.63, 3.8) is 0 Å². The van der Waals surface area contributed by atoms with E-state index >= 15 is 0 Å². The summed E-state index contributed by atoms with van der Waals surface area (Å²) < 4.78 is 1.05. The zero-order valence-corrected chi connectivity index (χ0v) is 9.87. The molecule has 0 aliphatic carbocycles. The summed E-state index contributed by atoms with van der Waals surface area (Å²) in [5.41, 5.74) is 12.6. The summed E-state index contributed by atoms with van der Waals surface area (Å²) in [5.74, 6) is 0. The molecule has 0 saturated carbocycles. The summed E-state index contributed by atoms with van der Waals surface area (Å²) >= 11 is 3.59. The van der Waals surface area contributed by atoms with Crippen molar-refractivity contribution >= 4 is 26.7 Å². The highest BCUT2D eigenvalue weighted by Crippen LogP contribution is 2.30. The Morgan fingerprint density at radius 2 is 1.87 bits per heavy atom. The number of nitrogens with two attached hydrogens (primary N) is 2. The maximum atomic E-state index is 5.93. The lowest BCUT2D eigenvalue weighted by Crippen LogP contribution is -2.21. The Labute approximate surface area is 97.4 Å². The van der Waals surface area contributed by atoms with Crippen LogP contribution in [0, 0.1) is 0 Å².